The van der Waals surface area contributed by atoms with Crippen molar-refractivity contribution >= 4 is 23.3 Å². The number of anilines is 2. The molecule has 5 nitrogen and oxygen atoms in total. The third kappa shape index (κ3) is 3.16. The Morgan fingerprint density at radius 1 is 1.16 bits per heavy atom. The summed E-state index contributed by atoms with van der Waals surface area (Å²) in [6, 6.07) is 10.1. The van der Waals surface area contributed by atoms with E-state index in [1.54, 1.807) is 30.3 Å². The van der Waals surface area contributed by atoms with Gasteiger partial charge < -0.3 is 10.4 Å². The summed E-state index contributed by atoms with van der Waals surface area (Å²) in [7, 11) is 0. The smallest absolute Gasteiger partial charge is 0.337 e. The van der Waals surface area contributed by atoms with E-state index >= 15 is 0 Å². The number of hydrogen-bond donors (Lipinski definition) is 2. The molecule has 1 heterocycles. The molecule has 1 aromatic carbocycles. The van der Waals surface area contributed by atoms with Crippen molar-refractivity contribution < 1.29 is 14.7 Å². The molecule has 0 amide bonds. The highest BCUT2D eigenvalue weighted by atomic mass is 16.4. The minimum atomic E-state index is -1.02. The molecule has 0 unspecified atom stereocenters. The summed E-state index contributed by atoms with van der Waals surface area (Å²) in [5, 5.41) is 11.8. The van der Waals surface area contributed by atoms with Gasteiger partial charge in [-0.05, 0) is 31.2 Å². The molecule has 5 heteroatoms. The molecular weight excluding hydrogens is 244 g/mol. The summed E-state index contributed by atoms with van der Waals surface area (Å²) in [5.41, 5.74) is 1.46. The Morgan fingerprint density at radius 2 is 1.95 bits per heavy atom. The van der Waals surface area contributed by atoms with Crippen molar-refractivity contribution in [2.24, 2.45) is 0 Å². The number of carboxylic acid groups (broad SMARTS) is 1. The third-order valence-electron chi connectivity index (χ3n) is 2.55. The second-order valence-corrected chi connectivity index (χ2v) is 4.00. The monoisotopic (exact) mass is 256 g/mol. The zero-order valence-electron chi connectivity index (χ0n) is 10.3. The molecule has 0 fully saturated rings. The summed E-state index contributed by atoms with van der Waals surface area (Å²) in [6.45, 7) is 1.50. The fraction of sp³-hybridized carbons (Fsp3) is 0.0714. The molecule has 0 saturated carbocycles. The molecule has 0 aliphatic carbocycles. The lowest BCUT2D eigenvalue weighted by molar-refractivity contribution is 0.0696. The highest BCUT2D eigenvalue weighted by Gasteiger charge is 2.04. The van der Waals surface area contributed by atoms with Crippen LogP contribution in [-0.4, -0.2) is 21.8 Å². The van der Waals surface area contributed by atoms with Crippen LogP contribution in [0.3, 0.4) is 0 Å². The molecule has 0 atom stereocenters. The highest BCUT2D eigenvalue weighted by molar-refractivity contribution is 5.95. The molecule has 0 aliphatic rings. The van der Waals surface area contributed by atoms with Crippen molar-refractivity contribution in [3.05, 3.63) is 53.7 Å². The van der Waals surface area contributed by atoms with Gasteiger partial charge in [-0.15, -0.1) is 0 Å². The van der Waals surface area contributed by atoms with Gasteiger partial charge >= 0.3 is 5.97 Å². The minimum Gasteiger partial charge on any atom is -0.478 e. The van der Waals surface area contributed by atoms with Crippen LogP contribution >= 0.6 is 0 Å². The number of carbonyl (C=O) groups excluding carboxylic acids is 1. The maximum atomic E-state index is 11.3. The van der Waals surface area contributed by atoms with Gasteiger partial charge in [-0.2, -0.15) is 0 Å². The first-order valence-corrected chi connectivity index (χ1v) is 5.63. The first-order chi connectivity index (χ1) is 9.06. The van der Waals surface area contributed by atoms with Crippen LogP contribution in [0.2, 0.25) is 0 Å². The lowest BCUT2D eigenvalue weighted by Gasteiger charge is -2.06. The Morgan fingerprint density at radius 3 is 2.53 bits per heavy atom. The van der Waals surface area contributed by atoms with E-state index in [1.165, 1.54) is 19.2 Å². The van der Waals surface area contributed by atoms with Crippen molar-refractivity contribution in [2.45, 2.75) is 6.92 Å². The van der Waals surface area contributed by atoms with Gasteiger partial charge in [0.25, 0.3) is 0 Å². The molecule has 0 bridgehead atoms. The molecule has 0 spiro atoms. The molecule has 0 aliphatic heterocycles. The van der Waals surface area contributed by atoms with Gasteiger partial charge in [0.1, 0.15) is 5.82 Å². The predicted molar refractivity (Wildman–Crippen MR) is 70.9 cm³/mol. The van der Waals surface area contributed by atoms with E-state index in [0.717, 1.165) is 5.69 Å². The van der Waals surface area contributed by atoms with Crippen molar-refractivity contribution in [1.29, 1.82) is 0 Å². The van der Waals surface area contributed by atoms with Crippen molar-refractivity contribution in [1.82, 2.24) is 4.98 Å². The molecule has 19 heavy (non-hydrogen) atoms. The molecule has 2 N–H and O–H groups in total. The van der Waals surface area contributed by atoms with Gasteiger partial charge in [0.15, 0.2) is 5.78 Å². The number of hydrogen-bond acceptors (Lipinski definition) is 4. The quantitative estimate of drug-likeness (QED) is 0.822. The molecule has 0 saturated heterocycles. The Balaban J connectivity index is 2.19. The molecular formula is C14H12N2O3. The van der Waals surface area contributed by atoms with E-state index in [2.05, 4.69) is 10.3 Å². The van der Waals surface area contributed by atoms with E-state index < -0.39 is 5.97 Å². The van der Waals surface area contributed by atoms with Crippen LogP contribution < -0.4 is 5.32 Å². The van der Waals surface area contributed by atoms with Crippen LogP contribution in [-0.2, 0) is 0 Å². The number of pyridine rings is 1. The Bertz CT molecular complexity index is 621. The summed E-state index contributed by atoms with van der Waals surface area (Å²) >= 11 is 0. The highest BCUT2D eigenvalue weighted by Crippen LogP contribution is 2.16. The second kappa shape index (κ2) is 5.30. The summed E-state index contributed by atoms with van der Waals surface area (Å²) < 4.78 is 0. The fourth-order valence-electron chi connectivity index (χ4n) is 1.56. The average Bonchev–Trinajstić information content (AvgIpc) is 2.39. The second-order valence-electron chi connectivity index (χ2n) is 4.00. The number of ketones is 1. The Labute approximate surface area is 109 Å². The number of Topliss-reactive ketones (excluding diaryl/α,β-unsaturated/α-hetero) is 1. The van der Waals surface area contributed by atoms with Gasteiger partial charge in [-0.25, -0.2) is 9.78 Å². The SMILES string of the molecule is CC(=O)c1cccc(Nc2ccc(C(=O)O)cn2)c1. The van der Waals surface area contributed by atoms with E-state index in [4.69, 9.17) is 5.11 Å². The summed E-state index contributed by atoms with van der Waals surface area (Å²) in [4.78, 5) is 25.9. The molecule has 96 valence electrons. The number of carboxylic acids is 1. The van der Waals surface area contributed by atoms with E-state index in [0.29, 0.717) is 11.4 Å². The Kier molecular flexibility index (Phi) is 3.56. The van der Waals surface area contributed by atoms with Crippen molar-refractivity contribution in [2.75, 3.05) is 5.32 Å². The van der Waals surface area contributed by atoms with Crippen molar-refractivity contribution in [3.8, 4) is 0 Å². The van der Waals surface area contributed by atoms with E-state index in [-0.39, 0.29) is 11.3 Å². The number of aromatic carboxylic acids is 1. The standard InChI is InChI=1S/C14H12N2O3/c1-9(17)10-3-2-4-12(7-10)16-13-6-5-11(8-15-13)14(18)19/h2-8H,1H3,(H,15,16)(H,18,19). The lowest BCUT2D eigenvalue weighted by atomic mass is 10.1. The zero-order chi connectivity index (χ0) is 13.8. The molecule has 2 rings (SSSR count). The zero-order valence-corrected chi connectivity index (χ0v) is 10.3. The van der Waals surface area contributed by atoms with Crippen LogP contribution in [0.15, 0.2) is 42.6 Å². The predicted octanol–water partition coefficient (Wildman–Crippen LogP) is 2.73. The molecule has 2 aromatic rings. The topological polar surface area (TPSA) is 79.3 Å². The van der Waals surface area contributed by atoms with Gasteiger partial charge in [-0.1, -0.05) is 12.1 Å². The van der Waals surface area contributed by atoms with Gasteiger partial charge in [0.05, 0.1) is 5.56 Å². The normalized spacial score (nSPS) is 9.95. The molecule has 1 aromatic heterocycles. The van der Waals surface area contributed by atoms with Gasteiger partial charge in [0.2, 0.25) is 0 Å². The van der Waals surface area contributed by atoms with E-state index in [9.17, 15) is 9.59 Å². The first-order valence-electron chi connectivity index (χ1n) is 5.63. The van der Waals surface area contributed by atoms with Crippen LogP contribution in [0.25, 0.3) is 0 Å². The van der Waals surface area contributed by atoms with E-state index in [1.807, 2.05) is 0 Å². The van der Waals surface area contributed by atoms with Gasteiger partial charge in [0, 0.05) is 17.4 Å². The number of carbonyl (C=O) groups is 2. The number of aromatic nitrogens is 1. The number of benzene rings is 1. The summed E-state index contributed by atoms with van der Waals surface area (Å²) in [5.74, 6) is -0.513. The summed E-state index contributed by atoms with van der Waals surface area (Å²) in [6.07, 6.45) is 1.28. The average molecular weight is 256 g/mol. The van der Waals surface area contributed by atoms with Crippen LogP contribution in [0.4, 0.5) is 11.5 Å². The largest absolute Gasteiger partial charge is 0.478 e. The van der Waals surface area contributed by atoms with Crippen LogP contribution in [0.1, 0.15) is 27.6 Å². The fourth-order valence-corrected chi connectivity index (χ4v) is 1.56. The van der Waals surface area contributed by atoms with Crippen molar-refractivity contribution in [3.63, 3.8) is 0 Å². The minimum absolute atomic E-state index is 0.0159. The number of nitrogens with one attached hydrogen (secondary N) is 1. The lowest BCUT2D eigenvalue weighted by Crippen LogP contribution is -2.00. The number of rotatable bonds is 4. The van der Waals surface area contributed by atoms with Crippen LogP contribution in [0, 0.1) is 0 Å². The maximum absolute atomic E-state index is 11.3. The van der Waals surface area contributed by atoms with Gasteiger partial charge in [-0.3, -0.25) is 4.79 Å². The van der Waals surface area contributed by atoms with Crippen LogP contribution in [0.5, 0.6) is 0 Å². The maximum Gasteiger partial charge on any atom is 0.337 e. The number of nitrogens with zero attached hydrogens (tertiary/aromatic N) is 1. The Hall–Kier alpha value is -2.69. The third-order valence-corrected chi connectivity index (χ3v) is 2.55. The first kappa shape index (κ1) is 12.8. The molecule has 0 radical (unpaired) electrons.